The zero-order valence-corrected chi connectivity index (χ0v) is 12.0. The molecule has 1 unspecified atom stereocenters. The van der Waals surface area contributed by atoms with Crippen LogP contribution in [-0.4, -0.2) is 23.3 Å². The molecule has 1 aromatic carbocycles. The first kappa shape index (κ1) is 15.1. The maximum atomic E-state index is 13.3. The first-order chi connectivity index (χ1) is 11.0. The lowest BCUT2D eigenvalue weighted by molar-refractivity contribution is -0.129. The van der Waals surface area contributed by atoms with E-state index < -0.39 is 29.4 Å². The van der Waals surface area contributed by atoms with Crippen LogP contribution in [0.25, 0.3) is 0 Å². The quantitative estimate of drug-likeness (QED) is 0.884. The molecule has 1 saturated heterocycles. The number of anilines is 2. The van der Waals surface area contributed by atoms with Gasteiger partial charge in [-0.1, -0.05) is 0 Å². The third-order valence-electron chi connectivity index (χ3n) is 3.63. The van der Waals surface area contributed by atoms with Crippen molar-refractivity contribution >= 4 is 23.2 Å². The van der Waals surface area contributed by atoms with Crippen LogP contribution in [0.3, 0.4) is 0 Å². The summed E-state index contributed by atoms with van der Waals surface area (Å²) in [6.45, 7) is 0.232. The lowest BCUT2D eigenvalue weighted by Gasteiger charge is -2.17. The third kappa shape index (κ3) is 3.18. The van der Waals surface area contributed by atoms with E-state index in [-0.39, 0.29) is 18.7 Å². The summed E-state index contributed by atoms with van der Waals surface area (Å²) >= 11 is 0. The van der Waals surface area contributed by atoms with Crippen LogP contribution in [0.4, 0.5) is 20.2 Å². The number of halogens is 2. The van der Waals surface area contributed by atoms with Crippen molar-refractivity contribution in [1.29, 1.82) is 0 Å². The van der Waals surface area contributed by atoms with Crippen molar-refractivity contribution in [3.05, 3.63) is 54.4 Å². The first-order valence-electron chi connectivity index (χ1n) is 7.03. The molecule has 1 aromatic heterocycles. The number of nitrogens with one attached hydrogen (secondary N) is 1. The van der Waals surface area contributed by atoms with Crippen molar-refractivity contribution in [3.8, 4) is 0 Å². The number of carbonyl (C=O) groups is 2. The molecule has 0 spiro atoms. The Morgan fingerprint density at radius 3 is 2.48 bits per heavy atom. The standard InChI is InChI=1S/C16H13F2N3O2/c17-10-7-11(18)9-13(8-10)21-6-3-14(16(21)23)15(22)20-12-1-4-19-5-2-12/h1-2,4-5,7-9,14H,3,6H2,(H,19,20,22). The SMILES string of the molecule is O=C(Nc1ccncc1)C1CCN(c2cc(F)cc(F)c2)C1=O. The monoisotopic (exact) mass is 317 g/mol. The fraction of sp³-hybridized carbons (Fsp3) is 0.188. The van der Waals surface area contributed by atoms with Gasteiger partial charge < -0.3 is 10.2 Å². The summed E-state index contributed by atoms with van der Waals surface area (Å²) in [6, 6.07) is 6.10. The zero-order chi connectivity index (χ0) is 16.4. The van der Waals surface area contributed by atoms with E-state index in [4.69, 9.17) is 0 Å². The van der Waals surface area contributed by atoms with Crippen molar-refractivity contribution in [2.45, 2.75) is 6.42 Å². The second-order valence-corrected chi connectivity index (χ2v) is 5.18. The normalized spacial score (nSPS) is 17.4. The van der Waals surface area contributed by atoms with E-state index in [1.54, 1.807) is 12.1 Å². The molecule has 0 aliphatic carbocycles. The highest BCUT2D eigenvalue weighted by Crippen LogP contribution is 2.27. The van der Waals surface area contributed by atoms with Crippen molar-refractivity contribution < 1.29 is 18.4 Å². The van der Waals surface area contributed by atoms with Crippen molar-refractivity contribution in [2.24, 2.45) is 5.92 Å². The number of amides is 2. The molecule has 1 N–H and O–H groups in total. The summed E-state index contributed by atoms with van der Waals surface area (Å²) in [7, 11) is 0. The Balaban J connectivity index is 1.74. The average Bonchev–Trinajstić information content (AvgIpc) is 2.89. The van der Waals surface area contributed by atoms with Gasteiger partial charge in [-0.3, -0.25) is 14.6 Å². The van der Waals surface area contributed by atoms with Gasteiger partial charge in [0.1, 0.15) is 17.6 Å². The second kappa shape index (κ2) is 6.12. The van der Waals surface area contributed by atoms with Crippen LogP contribution in [0.5, 0.6) is 0 Å². The fourth-order valence-electron chi connectivity index (χ4n) is 2.54. The van der Waals surface area contributed by atoms with E-state index in [9.17, 15) is 18.4 Å². The molecule has 0 bridgehead atoms. The molecule has 0 radical (unpaired) electrons. The molecule has 118 valence electrons. The van der Waals surface area contributed by atoms with Gasteiger partial charge in [0.05, 0.1) is 0 Å². The zero-order valence-electron chi connectivity index (χ0n) is 12.0. The predicted octanol–water partition coefficient (Wildman–Crippen LogP) is 2.35. The number of carbonyl (C=O) groups excluding carboxylic acids is 2. The summed E-state index contributed by atoms with van der Waals surface area (Å²) in [5.41, 5.74) is 0.653. The summed E-state index contributed by atoms with van der Waals surface area (Å²) < 4.78 is 26.6. The molecular weight excluding hydrogens is 304 g/mol. The lowest BCUT2D eigenvalue weighted by atomic mass is 10.1. The van der Waals surface area contributed by atoms with Gasteiger partial charge in [-0.2, -0.15) is 0 Å². The number of rotatable bonds is 3. The molecule has 5 nitrogen and oxygen atoms in total. The van der Waals surface area contributed by atoms with E-state index in [0.717, 1.165) is 18.2 Å². The minimum atomic E-state index is -0.880. The highest BCUT2D eigenvalue weighted by Gasteiger charge is 2.37. The first-order valence-corrected chi connectivity index (χ1v) is 7.03. The molecule has 3 rings (SSSR count). The smallest absolute Gasteiger partial charge is 0.239 e. The number of nitrogens with zero attached hydrogens (tertiary/aromatic N) is 2. The molecule has 23 heavy (non-hydrogen) atoms. The average molecular weight is 317 g/mol. The van der Waals surface area contributed by atoms with Crippen LogP contribution in [0, 0.1) is 17.6 Å². The highest BCUT2D eigenvalue weighted by atomic mass is 19.1. The molecule has 1 atom stereocenters. The molecule has 7 heteroatoms. The predicted molar refractivity (Wildman–Crippen MR) is 79.7 cm³/mol. The fourth-order valence-corrected chi connectivity index (χ4v) is 2.54. The summed E-state index contributed by atoms with van der Waals surface area (Å²) in [6.07, 6.45) is 3.33. The number of hydrogen-bond donors (Lipinski definition) is 1. The van der Waals surface area contributed by atoms with E-state index in [0.29, 0.717) is 5.69 Å². The maximum absolute atomic E-state index is 13.3. The van der Waals surface area contributed by atoms with Gasteiger partial charge in [0.15, 0.2) is 0 Å². The Labute approximate surface area is 130 Å². The van der Waals surface area contributed by atoms with Crippen LogP contribution in [0.15, 0.2) is 42.7 Å². The molecule has 2 aromatic rings. The van der Waals surface area contributed by atoms with E-state index >= 15 is 0 Å². The van der Waals surface area contributed by atoms with Crippen molar-refractivity contribution in [2.75, 3.05) is 16.8 Å². The number of pyridine rings is 1. The maximum Gasteiger partial charge on any atom is 0.239 e. The Bertz CT molecular complexity index is 732. The Hall–Kier alpha value is -2.83. The van der Waals surface area contributed by atoms with Crippen LogP contribution in [-0.2, 0) is 9.59 Å². The number of aromatic nitrogens is 1. The molecule has 2 heterocycles. The third-order valence-corrected chi connectivity index (χ3v) is 3.63. The largest absolute Gasteiger partial charge is 0.325 e. The van der Waals surface area contributed by atoms with Crippen LogP contribution < -0.4 is 10.2 Å². The minimum Gasteiger partial charge on any atom is -0.325 e. The summed E-state index contributed by atoms with van der Waals surface area (Å²) in [4.78, 5) is 29.6. The molecule has 1 fully saturated rings. The Morgan fingerprint density at radius 2 is 1.83 bits per heavy atom. The van der Waals surface area contributed by atoms with Crippen molar-refractivity contribution in [1.82, 2.24) is 4.98 Å². The minimum absolute atomic E-state index is 0.117. The molecule has 0 saturated carbocycles. The lowest BCUT2D eigenvalue weighted by Crippen LogP contribution is -2.33. The molecule has 1 aliphatic rings. The molecule has 2 amide bonds. The highest BCUT2D eigenvalue weighted by molar-refractivity contribution is 6.13. The van der Waals surface area contributed by atoms with Crippen molar-refractivity contribution in [3.63, 3.8) is 0 Å². The second-order valence-electron chi connectivity index (χ2n) is 5.18. The number of benzene rings is 1. The van der Waals surface area contributed by atoms with E-state index in [2.05, 4.69) is 10.3 Å². The van der Waals surface area contributed by atoms with Gasteiger partial charge in [-0.05, 0) is 30.7 Å². The van der Waals surface area contributed by atoms with Crippen LogP contribution in [0.1, 0.15) is 6.42 Å². The topological polar surface area (TPSA) is 62.3 Å². The van der Waals surface area contributed by atoms with Crippen LogP contribution >= 0.6 is 0 Å². The summed E-state index contributed by atoms with van der Waals surface area (Å²) in [5.74, 6) is -3.33. The van der Waals surface area contributed by atoms with Gasteiger partial charge >= 0.3 is 0 Å². The van der Waals surface area contributed by atoms with Gasteiger partial charge in [0, 0.05) is 36.4 Å². The summed E-state index contributed by atoms with van der Waals surface area (Å²) in [5, 5.41) is 2.63. The van der Waals surface area contributed by atoms with Crippen LogP contribution in [0.2, 0.25) is 0 Å². The van der Waals surface area contributed by atoms with E-state index in [1.165, 1.54) is 17.3 Å². The Kier molecular flexibility index (Phi) is 4.01. The van der Waals surface area contributed by atoms with Gasteiger partial charge in [-0.15, -0.1) is 0 Å². The Morgan fingerprint density at radius 1 is 1.17 bits per heavy atom. The number of hydrogen-bond acceptors (Lipinski definition) is 3. The van der Waals surface area contributed by atoms with E-state index in [1.807, 2.05) is 0 Å². The molecular formula is C16H13F2N3O2. The van der Waals surface area contributed by atoms with Gasteiger partial charge in [0.25, 0.3) is 0 Å². The van der Waals surface area contributed by atoms with Gasteiger partial charge in [-0.25, -0.2) is 8.78 Å². The molecule has 1 aliphatic heterocycles. The van der Waals surface area contributed by atoms with Gasteiger partial charge in [0.2, 0.25) is 11.8 Å².